The van der Waals surface area contributed by atoms with Crippen molar-refractivity contribution in [3.05, 3.63) is 66.6 Å². The van der Waals surface area contributed by atoms with E-state index < -0.39 is 0 Å². The number of hydrogen-bond donors (Lipinski definition) is 2. The van der Waals surface area contributed by atoms with Crippen molar-refractivity contribution in [2.24, 2.45) is 13.0 Å². The highest BCUT2D eigenvalue weighted by Gasteiger charge is 2.21. The highest BCUT2D eigenvalue weighted by atomic mass is 16.5. The van der Waals surface area contributed by atoms with Crippen LogP contribution in [-0.2, 0) is 7.05 Å². The highest BCUT2D eigenvalue weighted by Crippen LogP contribution is 2.37. The second kappa shape index (κ2) is 9.58. The maximum Gasteiger partial charge on any atom is 0.146 e. The number of ether oxygens (including phenoxy) is 1. The summed E-state index contributed by atoms with van der Waals surface area (Å²) in [7, 11) is 4.03. The van der Waals surface area contributed by atoms with E-state index in [2.05, 4.69) is 27.1 Å². The van der Waals surface area contributed by atoms with Gasteiger partial charge in [-0.3, -0.25) is 0 Å². The summed E-state index contributed by atoms with van der Waals surface area (Å²) in [6.45, 7) is 0. The number of nitrogens with zero attached hydrogens (tertiary/aromatic N) is 3. The van der Waals surface area contributed by atoms with Crippen molar-refractivity contribution < 1.29 is 4.74 Å². The van der Waals surface area contributed by atoms with Gasteiger partial charge in [-0.1, -0.05) is 36.3 Å². The number of para-hydroxylation sites is 1. The molecule has 1 aliphatic rings. The number of anilines is 1. The average Bonchev–Trinajstić information content (AvgIpc) is 3.17. The fourth-order valence-electron chi connectivity index (χ4n) is 4.71. The number of benzene rings is 2. The standard InChI is InChI=1S/C28H29N5O/c1-30-21-13-8-19(9-14-21)10-17-24-25(26-27(29)31-18-32-28(26)33(24)2)20-11-15-23(16-12-20)34-22-6-4-3-5-7-22/h3-7,11-12,15-16,18-19,21,30H,8-9,13-14H2,1-2H3,(H2,29,31,32). The lowest BCUT2D eigenvalue weighted by Gasteiger charge is -2.24. The van der Waals surface area contributed by atoms with Crippen LogP contribution in [0.4, 0.5) is 5.82 Å². The molecule has 172 valence electrons. The molecule has 1 saturated carbocycles. The fraction of sp³-hybridized carbons (Fsp3) is 0.286. The van der Waals surface area contributed by atoms with E-state index >= 15 is 0 Å². The molecule has 0 radical (unpaired) electrons. The molecule has 1 fully saturated rings. The number of nitrogens with one attached hydrogen (secondary N) is 1. The van der Waals surface area contributed by atoms with Gasteiger partial charge in [-0.25, -0.2) is 9.97 Å². The Morgan fingerprint density at radius 1 is 0.971 bits per heavy atom. The van der Waals surface area contributed by atoms with Crippen LogP contribution >= 0.6 is 0 Å². The Hall–Kier alpha value is -3.82. The van der Waals surface area contributed by atoms with E-state index in [0.717, 1.165) is 52.2 Å². The minimum absolute atomic E-state index is 0.403. The van der Waals surface area contributed by atoms with Crippen molar-refractivity contribution in [2.75, 3.05) is 12.8 Å². The van der Waals surface area contributed by atoms with Crippen LogP contribution in [0.2, 0.25) is 0 Å². The van der Waals surface area contributed by atoms with E-state index in [1.165, 1.54) is 19.2 Å². The van der Waals surface area contributed by atoms with Gasteiger partial charge in [0.25, 0.3) is 0 Å². The zero-order chi connectivity index (χ0) is 23.5. The maximum atomic E-state index is 6.33. The third kappa shape index (κ3) is 4.35. The molecule has 0 spiro atoms. The first-order valence-corrected chi connectivity index (χ1v) is 11.7. The number of fused-ring (bicyclic) bond motifs is 1. The molecule has 2 heterocycles. The lowest BCUT2D eigenvalue weighted by Crippen LogP contribution is -2.29. The SMILES string of the molecule is CNC1CCC(C#Cc2c(-c3ccc(Oc4ccccc4)cc3)c3c(N)ncnc3n2C)CC1. The molecule has 6 heteroatoms. The van der Waals surface area contributed by atoms with E-state index in [9.17, 15) is 0 Å². The summed E-state index contributed by atoms with van der Waals surface area (Å²) in [5, 5.41) is 4.23. The number of nitrogen functional groups attached to an aromatic ring is 1. The Bertz CT molecular complexity index is 1340. The van der Waals surface area contributed by atoms with Gasteiger partial charge in [-0.2, -0.15) is 0 Å². The summed E-state index contributed by atoms with van der Waals surface area (Å²) >= 11 is 0. The number of aromatic nitrogens is 3. The quantitative estimate of drug-likeness (QED) is 0.420. The molecule has 4 aromatic rings. The van der Waals surface area contributed by atoms with Crippen molar-refractivity contribution in [3.63, 3.8) is 0 Å². The van der Waals surface area contributed by atoms with E-state index in [1.54, 1.807) is 0 Å². The third-order valence-electron chi connectivity index (χ3n) is 6.65. The van der Waals surface area contributed by atoms with Gasteiger partial charge in [-0.05, 0) is 68.5 Å². The first-order chi connectivity index (χ1) is 16.6. The summed E-state index contributed by atoms with van der Waals surface area (Å²) in [5.41, 5.74) is 10.0. The number of rotatable bonds is 4. The molecule has 2 aromatic heterocycles. The summed E-state index contributed by atoms with van der Waals surface area (Å²) in [6, 6.07) is 18.4. The number of hydrogen-bond acceptors (Lipinski definition) is 5. The Labute approximate surface area is 200 Å². The van der Waals surface area contributed by atoms with Crippen molar-refractivity contribution in [3.8, 4) is 34.5 Å². The molecule has 0 bridgehead atoms. The largest absolute Gasteiger partial charge is 0.457 e. The van der Waals surface area contributed by atoms with Crippen LogP contribution in [-0.4, -0.2) is 27.6 Å². The van der Waals surface area contributed by atoms with E-state index in [1.807, 2.05) is 73.3 Å². The second-order valence-electron chi connectivity index (χ2n) is 8.79. The van der Waals surface area contributed by atoms with Crippen LogP contribution in [0.1, 0.15) is 31.4 Å². The molecule has 2 aromatic carbocycles. The van der Waals surface area contributed by atoms with Gasteiger partial charge in [0.1, 0.15) is 35.0 Å². The fourth-order valence-corrected chi connectivity index (χ4v) is 4.71. The van der Waals surface area contributed by atoms with Crippen LogP contribution in [0.25, 0.3) is 22.2 Å². The summed E-state index contributed by atoms with van der Waals surface area (Å²) in [5.74, 6) is 9.48. The molecule has 1 aliphatic carbocycles. The molecular weight excluding hydrogens is 422 g/mol. The second-order valence-corrected chi connectivity index (χ2v) is 8.79. The predicted octanol–water partition coefficient (Wildman–Crippen LogP) is 5.14. The monoisotopic (exact) mass is 451 g/mol. The molecule has 0 unspecified atom stereocenters. The Kier molecular flexibility index (Phi) is 6.20. The normalized spacial score (nSPS) is 17.8. The zero-order valence-corrected chi connectivity index (χ0v) is 19.6. The lowest BCUT2D eigenvalue weighted by atomic mass is 9.86. The van der Waals surface area contributed by atoms with Crippen molar-refractivity contribution in [1.29, 1.82) is 0 Å². The van der Waals surface area contributed by atoms with E-state index in [4.69, 9.17) is 10.5 Å². The molecule has 6 nitrogen and oxygen atoms in total. The third-order valence-corrected chi connectivity index (χ3v) is 6.65. The lowest BCUT2D eigenvalue weighted by molar-refractivity contribution is 0.349. The molecule has 5 rings (SSSR count). The van der Waals surface area contributed by atoms with Crippen molar-refractivity contribution in [2.45, 2.75) is 31.7 Å². The Morgan fingerprint density at radius 3 is 2.38 bits per heavy atom. The smallest absolute Gasteiger partial charge is 0.146 e. The summed E-state index contributed by atoms with van der Waals surface area (Å²) in [6.07, 6.45) is 6.07. The van der Waals surface area contributed by atoms with Crippen LogP contribution < -0.4 is 15.8 Å². The van der Waals surface area contributed by atoms with E-state index in [0.29, 0.717) is 17.8 Å². The molecule has 0 amide bonds. The number of aryl methyl sites for hydroxylation is 1. The van der Waals surface area contributed by atoms with Crippen LogP contribution in [0.15, 0.2) is 60.9 Å². The first kappa shape index (κ1) is 22.0. The van der Waals surface area contributed by atoms with Crippen LogP contribution in [0.3, 0.4) is 0 Å². The molecule has 3 N–H and O–H groups in total. The zero-order valence-electron chi connectivity index (χ0n) is 19.6. The van der Waals surface area contributed by atoms with Crippen LogP contribution in [0.5, 0.6) is 11.5 Å². The molecule has 0 atom stereocenters. The average molecular weight is 452 g/mol. The maximum absolute atomic E-state index is 6.33. The van der Waals surface area contributed by atoms with Gasteiger partial charge >= 0.3 is 0 Å². The molecule has 34 heavy (non-hydrogen) atoms. The van der Waals surface area contributed by atoms with Crippen molar-refractivity contribution >= 4 is 16.9 Å². The molecule has 0 saturated heterocycles. The Morgan fingerprint density at radius 2 is 1.68 bits per heavy atom. The first-order valence-electron chi connectivity index (χ1n) is 11.7. The topological polar surface area (TPSA) is 78.0 Å². The van der Waals surface area contributed by atoms with Gasteiger partial charge in [-0.15, -0.1) is 0 Å². The predicted molar refractivity (Wildman–Crippen MR) is 137 cm³/mol. The van der Waals surface area contributed by atoms with Gasteiger partial charge in [0, 0.05) is 24.6 Å². The highest BCUT2D eigenvalue weighted by molar-refractivity contribution is 6.03. The Balaban J connectivity index is 1.52. The van der Waals surface area contributed by atoms with Gasteiger partial charge < -0.3 is 20.4 Å². The summed E-state index contributed by atoms with van der Waals surface area (Å²) in [4.78, 5) is 8.77. The minimum atomic E-state index is 0.403. The number of nitrogens with two attached hydrogens (primary N) is 1. The molecule has 0 aliphatic heterocycles. The van der Waals surface area contributed by atoms with Gasteiger partial charge in [0.05, 0.1) is 5.39 Å². The van der Waals surface area contributed by atoms with Gasteiger partial charge in [0.2, 0.25) is 0 Å². The van der Waals surface area contributed by atoms with E-state index in [-0.39, 0.29) is 0 Å². The molecular formula is C28H29N5O. The summed E-state index contributed by atoms with van der Waals surface area (Å²) < 4.78 is 8.00. The minimum Gasteiger partial charge on any atom is -0.457 e. The van der Waals surface area contributed by atoms with Gasteiger partial charge in [0.15, 0.2) is 0 Å². The van der Waals surface area contributed by atoms with Crippen LogP contribution in [0, 0.1) is 17.8 Å². The van der Waals surface area contributed by atoms with Crippen molar-refractivity contribution in [1.82, 2.24) is 19.9 Å².